The van der Waals surface area contributed by atoms with Crippen LogP contribution in [0.4, 0.5) is 5.95 Å². The first-order chi connectivity index (χ1) is 13.6. The molecule has 0 radical (unpaired) electrons. The van der Waals surface area contributed by atoms with E-state index in [0.717, 1.165) is 12.0 Å². The fraction of sp³-hybridized carbons (Fsp3) is 0.421. The lowest BCUT2D eigenvalue weighted by Crippen LogP contribution is -2.29. The van der Waals surface area contributed by atoms with E-state index in [1.807, 2.05) is 31.4 Å². The molecule has 148 valence electrons. The molecule has 28 heavy (non-hydrogen) atoms. The first-order valence-corrected chi connectivity index (χ1v) is 10.4. The molecule has 0 saturated heterocycles. The van der Waals surface area contributed by atoms with Gasteiger partial charge in [-0.3, -0.25) is 0 Å². The number of nitrogens with zero attached hydrogens (tertiary/aromatic N) is 3. The van der Waals surface area contributed by atoms with Gasteiger partial charge in [0.25, 0.3) is 0 Å². The molecule has 0 fully saturated rings. The van der Waals surface area contributed by atoms with Gasteiger partial charge in [-0.1, -0.05) is 17.8 Å². The van der Waals surface area contributed by atoms with E-state index in [1.54, 1.807) is 11.6 Å². The van der Waals surface area contributed by atoms with Gasteiger partial charge >= 0.3 is 5.97 Å². The van der Waals surface area contributed by atoms with Crippen LogP contribution in [0.2, 0.25) is 0 Å². The minimum atomic E-state index is -0.471. The molecule has 0 spiro atoms. The quantitative estimate of drug-likeness (QED) is 0.617. The Morgan fingerprint density at radius 1 is 1.36 bits per heavy atom. The van der Waals surface area contributed by atoms with E-state index in [9.17, 15) is 4.79 Å². The number of hydrogen-bond donors (Lipinski definition) is 1. The Hall–Kier alpha value is -2.68. The zero-order chi connectivity index (χ0) is 19.7. The van der Waals surface area contributed by atoms with E-state index in [4.69, 9.17) is 14.2 Å². The third-order valence-electron chi connectivity index (χ3n) is 4.60. The lowest BCUT2D eigenvalue weighted by atomic mass is 9.95. The van der Waals surface area contributed by atoms with Crippen LogP contribution in [-0.2, 0) is 9.53 Å². The molecule has 1 aromatic carbocycles. The number of benzene rings is 1. The summed E-state index contributed by atoms with van der Waals surface area (Å²) in [6.07, 6.45) is 2.74. The van der Waals surface area contributed by atoms with E-state index >= 15 is 0 Å². The molecular formula is C19H22N4O4S. The van der Waals surface area contributed by atoms with Crippen LogP contribution in [-0.4, -0.2) is 46.8 Å². The van der Waals surface area contributed by atoms with E-state index in [1.165, 1.54) is 11.8 Å². The number of fused-ring (bicyclic) bond motifs is 2. The van der Waals surface area contributed by atoms with E-state index in [-0.39, 0.29) is 5.97 Å². The Bertz CT molecular complexity index is 940. The topological polar surface area (TPSA) is 87.5 Å². The molecule has 8 nitrogen and oxygen atoms in total. The number of thioether (sulfide) groups is 1. The zero-order valence-corrected chi connectivity index (χ0v) is 16.8. The maximum atomic E-state index is 12.8. The van der Waals surface area contributed by atoms with Crippen LogP contribution < -0.4 is 14.8 Å². The lowest BCUT2D eigenvalue weighted by molar-refractivity contribution is -0.139. The highest BCUT2D eigenvalue weighted by Crippen LogP contribution is 2.40. The predicted molar refractivity (Wildman–Crippen MR) is 105 cm³/mol. The number of carbonyl (C=O) groups is 1. The molecule has 0 saturated carbocycles. The molecule has 1 N–H and O–H groups in total. The number of allylic oxidation sites excluding steroid dienone is 1. The van der Waals surface area contributed by atoms with Crippen molar-refractivity contribution in [3.05, 3.63) is 35.0 Å². The summed E-state index contributed by atoms with van der Waals surface area (Å²) in [5.74, 6) is 1.59. The molecule has 0 aliphatic carbocycles. The van der Waals surface area contributed by atoms with Crippen LogP contribution in [0.25, 0.3) is 0 Å². The molecule has 0 amide bonds. The second-order valence-corrected chi connectivity index (χ2v) is 7.18. The Morgan fingerprint density at radius 3 is 2.89 bits per heavy atom. The van der Waals surface area contributed by atoms with Gasteiger partial charge in [-0.15, -0.1) is 5.10 Å². The molecule has 1 atom stereocenters. The van der Waals surface area contributed by atoms with Crippen LogP contribution in [0.3, 0.4) is 0 Å². The van der Waals surface area contributed by atoms with Crippen molar-refractivity contribution in [2.45, 2.75) is 31.5 Å². The molecule has 2 aliphatic rings. The highest BCUT2D eigenvalue weighted by Gasteiger charge is 2.35. The van der Waals surface area contributed by atoms with Gasteiger partial charge < -0.3 is 19.5 Å². The predicted octanol–water partition coefficient (Wildman–Crippen LogP) is 3.01. The SMILES string of the molecule is CCOC(=O)C1=C(C)Nc2nc(SC)nn2C1c1ccc2c(c1)OCCCO2. The highest BCUT2D eigenvalue weighted by atomic mass is 32.2. The Morgan fingerprint density at radius 2 is 2.14 bits per heavy atom. The fourth-order valence-corrected chi connectivity index (χ4v) is 3.70. The van der Waals surface area contributed by atoms with Crippen molar-refractivity contribution in [2.24, 2.45) is 0 Å². The van der Waals surface area contributed by atoms with E-state index in [0.29, 0.717) is 53.7 Å². The van der Waals surface area contributed by atoms with Crippen molar-refractivity contribution in [3.63, 3.8) is 0 Å². The van der Waals surface area contributed by atoms with Crippen molar-refractivity contribution in [3.8, 4) is 11.5 Å². The number of carbonyl (C=O) groups excluding carboxylic acids is 1. The van der Waals surface area contributed by atoms with Crippen LogP contribution in [0, 0.1) is 0 Å². The first-order valence-electron chi connectivity index (χ1n) is 9.17. The van der Waals surface area contributed by atoms with E-state index in [2.05, 4.69) is 15.4 Å². The minimum absolute atomic E-state index is 0.295. The Kier molecular flexibility index (Phi) is 5.17. The average molecular weight is 402 g/mol. The minimum Gasteiger partial charge on any atom is -0.490 e. The van der Waals surface area contributed by atoms with Crippen LogP contribution in [0.15, 0.2) is 34.6 Å². The standard InChI is InChI=1S/C19H22N4O4S/c1-4-25-17(24)15-11(2)20-18-21-19(28-3)22-23(18)16(15)12-6-7-13-14(10-12)27-9-5-8-26-13/h6-7,10,16H,4-5,8-9H2,1-3H3,(H,20,21,22). The van der Waals surface area contributed by atoms with Crippen molar-refractivity contribution in [1.29, 1.82) is 0 Å². The average Bonchev–Trinajstić information content (AvgIpc) is 2.95. The molecule has 1 aromatic heterocycles. The number of ether oxygens (including phenoxy) is 3. The number of aromatic nitrogens is 3. The van der Waals surface area contributed by atoms with Crippen LogP contribution in [0.5, 0.6) is 11.5 Å². The van der Waals surface area contributed by atoms with Crippen molar-refractivity contribution < 1.29 is 19.0 Å². The van der Waals surface area contributed by atoms with Gasteiger partial charge in [-0.05, 0) is 37.8 Å². The lowest BCUT2D eigenvalue weighted by Gasteiger charge is -2.28. The third kappa shape index (κ3) is 3.30. The number of anilines is 1. The number of hydrogen-bond acceptors (Lipinski definition) is 8. The molecular weight excluding hydrogens is 380 g/mol. The summed E-state index contributed by atoms with van der Waals surface area (Å²) in [5.41, 5.74) is 2.05. The third-order valence-corrected chi connectivity index (χ3v) is 5.14. The largest absolute Gasteiger partial charge is 0.490 e. The summed E-state index contributed by atoms with van der Waals surface area (Å²) >= 11 is 1.44. The van der Waals surface area contributed by atoms with Gasteiger partial charge in [-0.25, -0.2) is 9.48 Å². The summed E-state index contributed by atoms with van der Waals surface area (Å²) in [6, 6.07) is 5.25. The molecule has 3 heterocycles. The van der Waals surface area contributed by atoms with Gasteiger partial charge in [0.2, 0.25) is 11.1 Å². The molecule has 4 rings (SSSR count). The van der Waals surface area contributed by atoms with Gasteiger partial charge in [0, 0.05) is 12.1 Å². The van der Waals surface area contributed by atoms with Crippen molar-refractivity contribution >= 4 is 23.7 Å². The van der Waals surface area contributed by atoms with Gasteiger partial charge in [0.1, 0.15) is 6.04 Å². The van der Waals surface area contributed by atoms with Gasteiger partial charge in [0.15, 0.2) is 11.5 Å². The summed E-state index contributed by atoms with van der Waals surface area (Å²) < 4.78 is 18.6. The highest BCUT2D eigenvalue weighted by molar-refractivity contribution is 7.98. The Labute approximate surface area is 167 Å². The number of esters is 1. The summed E-state index contributed by atoms with van der Waals surface area (Å²) in [5, 5.41) is 8.38. The summed E-state index contributed by atoms with van der Waals surface area (Å²) in [6.45, 7) is 5.15. The summed E-state index contributed by atoms with van der Waals surface area (Å²) in [7, 11) is 0. The number of nitrogens with one attached hydrogen (secondary N) is 1. The maximum absolute atomic E-state index is 12.8. The second-order valence-electron chi connectivity index (χ2n) is 6.41. The van der Waals surface area contributed by atoms with Gasteiger partial charge in [0.05, 0.1) is 25.4 Å². The molecule has 1 unspecified atom stereocenters. The molecule has 0 bridgehead atoms. The monoisotopic (exact) mass is 402 g/mol. The molecule has 2 aromatic rings. The zero-order valence-electron chi connectivity index (χ0n) is 16.0. The second kappa shape index (κ2) is 7.75. The maximum Gasteiger partial charge on any atom is 0.338 e. The Balaban J connectivity index is 1.84. The van der Waals surface area contributed by atoms with Crippen LogP contribution >= 0.6 is 11.8 Å². The van der Waals surface area contributed by atoms with Crippen LogP contribution in [0.1, 0.15) is 31.9 Å². The summed E-state index contributed by atoms with van der Waals surface area (Å²) in [4.78, 5) is 17.3. The first kappa shape index (κ1) is 18.7. The smallest absolute Gasteiger partial charge is 0.338 e. The molecule has 2 aliphatic heterocycles. The van der Waals surface area contributed by atoms with E-state index < -0.39 is 6.04 Å². The molecule has 9 heteroatoms. The number of rotatable bonds is 4. The van der Waals surface area contributed by atoms with Gasteiger partial charge in [-0.2, -0.15) is 4.98 Å². The normalized spacial score (nSPS) is 18.2. The van der Waals surface area contributed by atoms with Crippen molar-refractivity contribution in [2.75, 3.05) is 31.4 Å². The van der Waals surface area contributed by atoms with Crippen molar-refractivity contribution in [1.82, 2.24) is 14.8 Å². The fourth-order valence-electron chi connectivity index (χ4n) is 3.35.